The number of rotatable bonds is 3. The van der Waals surface area contributed by atoms with E-state index in [1.165, 1.54) is 5.69 Å². The van der Waals surface area contributed by atoms with E-state index in [-0.39, 0.29) is 5.92 Å². The van der Waals surface area contributed by atoms with Gasteiger partial charge in [-0.15, -0.1) is 0 Å². The lowest BCUT2D eigenvalue weighted by Gasteiger charge is -2.36. The highest BCUT2D eigenvalue weighted by atomic mass is 19.1. The summed E-state index contributed by atoms with van der Waals surface area (Å²) >= 11 is 0. The first kappa shape index (κ1) is 17.5. The van der Waals surface area contributed by atoms with E-state index in [9.17, 15) is 0 Å². The van der Waals surface area contributed by atoms with E-state index in [2.05, 4.69) is 44.3 Å². The minimum absolute atomic E-state index is 0.153. The van der Waals surface area contributed by atoms with Gasteiger partial charge in [0.15, 0.2) is 0 Å². The average molecular weight is 380 g/mol. The second kappa shape index (κ2) is 7.43. The van der Waals surface area contributed by atoms with Crippen LogP contribution in [-0.4, -0.2) is 55.8 Å². The van der Waals surface area contributed by atoms with Crippen molar-refractivity contribution < 1.29 is 9.13 Å². The van der Waals surface area contributed by atoms with Crippen molar-refractivity contribution in [2.75, 3.05) is 49.2 Å². The molecule has 0 spiro atoms. The van der Waals surface area contributed by atoms with E-state index in [1.54, 1.807) is 0 Å². The number of piperidine rings is 1. The molecule has 1 aromatic heterocycles. The zero-order valence-corrected chi connectivity index (χ0v) is 15.9. The van der Waals surface area contributed by atoms with Gasteiger partial charge in [-0.05, 0) is 36.8 Å². The van der Waals surface area contributed by atoms with Crippen LogP contribution in [0.4, 0.5) is 15.8 Å². The lowest BCUT2D eigenvalue weighted by molar-refractivity contribution is 0.122. The van der Waals surface area contributed by atoms with E-state index < -0.39 is 6.17 Å². The Kier molecular flexibility index (Phi) is 4.64. The molecular formula is C22H25FN4O. The Morgan fingerprint density at radius 2 is 1.64 bits per heavy atom. The maximum absolute atomic E-state index is 15.1. The van der Waals surface area contributed by atoms with Crippen LogP contribution in [0.2, 0.25) is 0 Å². The molecule has 2 unspecified atom stereocenters. The van der Waals surface area contributed by atoms with Gasteiger partial charge in [0.25, 0.3) is 0 Å². The summed E-state index contributed by atoms with van der Waals surface area (Å²) in [6.07, 6.45) is -0.166. The van der Waals surface area contributed by atoms with Gasteiger partial charge in [-0.2, -0.15) is 5.10 Å². The van der Waals surface area contributed by atoms with Crippen LogP contribution in [0.15, 0.2) is 48.5 Å². The molecule has 2 atom stereocenters. The minimum atomic E-state index is -0.931. The van der Waals surface area contributed by atoms with Gasteiger partial charge in [0.1, 0.15) is 6.17 Å². The number of halogens is 1. The lowest BCUT2D eigenvalue weighted by atomic mass is 9.89. The Bertz CT molecular complexity index is 935. The van der Waals surface area contributed by atoms with E-state index in [4.69, 9.17) is 4.74 Å². The summed E-state index contributed by atoms with van der Waals surface area (Å²) in [7, 11) is 0. The molecule has 2 aliphatic heterocycles. The largest absolute Gasteiger partial charge is 0.378 e. The van der Waals surface area contributed by atoms with Gasteiger partial charge < -0.3 is 14.5 Å². The Hall–Kier alpha value is -2.60. The molecule has 28 heavy (non-hydrogen) atoms. The first-order valence-corrected chi connectivity index (χ1v) is 10.0. The molecule has 3 aromatic rings. The molecule has 1 N–H and O–H groups in total. The number of hydrogen-bond acceptors (Lipinski definition) is 4. The number of nitrogens with zero attached hydrogens (tertiary/aromatic N) is 3. The molecule has 146 valence electrons. The average Bonchev–Trinajstić information content (AvgIpc) is 3.18. The predicted molar refractivity (Wildman–Crippen MR) is 110 cm³/mol. The molecule has 0 bridgehead atoms. The lowest BCUT2D eigenvalue weighted by Crippen LogP contribution is -2.41. The highest BCUT2D eigenvalue weighted by Gasteiger charge is 2.33. The number of para-hydroxylation sites is 1. The van der Waals surface area contributed by atoms with Crippen molar-refractivity contribution >= 4 is 22.3 Å². The number of H-pyrrole nitrogens is 1. The van der Waals surface area contributed by atoms with Crippen molar-refractivity contribution in [2.24, 2.45) is 0 Å². The standard InChI is InChI=1S/C22H25FN4O/c23-20-15-27(17-7-5-16(6-8-17)26-11-13-28-14-12-26)10-9-18(20)22-19-3-1-2-4-21(19)24-25-22/h1-8,18,20H,9-15H2,(H,24,25). The highest BCUT2D eigenvalue weighted by Crippen LogP contribution is 2.35. The normalized spacial score (nSPS) is 23.3. The maximum Gasteiger partial charge on any atom is 0.126 e. The van der Waals surface area contributed by atoms with Crippen LogP contribution in [-0.2, 0) is 4.74 Å². The van der Waals surface area contributed by atoms with Crippen LogP contribution in [0.25, 0.3) is 10.9 Å². The molecule has 6 heteroatoms. The van der Waals surface area contributed by atoms with Crippen LogP contribution in [0.3, 0.4) is 0 Å². The fourth-order valence-electron chi connectivity index (χ4n) is 4.41. The van der Waals surface area contributed by atoms with Crippen LogP contribution < -0.4 is 9.80 Å². The predicted octanol–water partition coefficient (Wildman–Crippen LogP) is 3.73. The van der Waals surface area contributed by atoms with Gasteiger partial charge >= 0.3 is 0 Å². The maximum atomic E-state index is 15.1. The number of nitrogens with one attached hydrogen (secondary N) is 1. The van der Waals surface area contributed by atoms with Crippen LogP contribution in [0, 0.1) is 0 Å². The summed E-state index contributed by atoms with van der Waals surface area (Å²) in [5.41, 5.74) is 4.14. The Labute approximate surface area is 164 Å². The van der Waals surface area contributed by atoms with Gasteiger partial charge in [-0.1, -0.05) is 18.2 Å². The highest BCUT2D eigenvalue weighted by molar-refractivity contribution is 5.81. The number of fused-ring (bicyclic) bond motifs is 1. The fourth-order valence-corrected chi connectivity index (χ4v) is 4.41. The third kappa shape index (κ3) is 3.22. The fraction of sp³-hybridized carbons (Fsp3) is 0.409. The Morgan fingerprint density at radius 1 is 0.929 bits per heavy atom. The summed E-state index contributed by atoms with van der Waals surface area (Å²) in [4.78, 5) is 4.49. The molecule has 0 saturated carbocycles. The molecule has 0 radical (unpaired) electrons. The first-order valence-electron chi connectivity index (χ1n) is 10.0. The van der Waals surface area contributed by atoms with E-state index in [0.717, 1.165) is 61.6 Å². The molecule has 2 fully saturated rings. The molecular weight excluding hydrogens is 355 g/mol. The molecule has 3 heterocycles. The van der Waals surface area contributed by atoms with Gasteiger partial charge in [0, 0.05) is 48.9 Å². The molecule has 5 rings (SSSR count). The zero-order chi connectivity index (χ0) is 18.9. The van der Waals surface area contributed by atoms with Gasteiger partial charge in [-0.3, -0.25) is 5.10 Å². The number of aromatic nitrogens is 2. The smallest absolute Gasteiger partial charge is 0.126 e. The summed E-state index contributed by atoms with van der Waals surface area (Å²) in [6.45, 7) is 4.65. The van der Waals surface area contributed by atoms with E-state index >= 15 is 4.39 Å². The summed E-state index contributed by atoms with van der Waals surface area (Å²) in [5, 5.41) is 8.51. The number of hydrogen-bond donors (Lipinski definition) is 1. The Morgan fingerprint density at radius 3 is 2.39 bits per heavy atom. The first-order chi connectivity index (χ1) is 13.8. The second-order valence-electron chi connectivity index (χ2n) is 7.63. The number of anilines is 2. The van der Waals surface area contributed by atoms with Crippen molar-refractivity contribution in [3.63, 3.8) is 0 Å². The minimum Gasteiger partial charge on any atom is -0.378 e. The van der Waals surface area contributed by atoms with Gasteiger partial charge in [0.05, 0.1) is 24.4 Å². The monoisotopic (exact) mass is 380 g/mol. The van der Waals surface area contributed by atoms with Crippen LogP contribution in [0.5, 0.6) is 0 Å². The van der Waals surface area contributed by atoms with Crippen molar-refractivity contribution in [1.82, 2.24) is 10.2 Å². The van der Waals surface area contributed by atoms with Crippen LogP contribution >= 0.6 is 0 Å². The molecule has 0 amide bonds. The summed E-state index contributed by atoms with van der Waals surface area (Å²) in [5.74, 6) is -0.153. The van der Waals surface area contributed by atoms with E-state index in [1.807, 2.05) is 24.3 Å². The van der Waals surface area contributed by atoms with Gasteiger partial charge in [-0.25, -0.2) is 4.39 Å². The number of benzene rings is 2. The topological polar surface area (TPSA) is 44.4 Å². The molecule has 2 aromatic carbocycles. The third-order valence-corrected chi connectivity index (χ3v) is 5.98. The van der Waals surface area contributed by atoms with Gasteiger partial charge in [0.2, 0.25) is 0 Å². The number of aromatic amines is 1. The molecule has 2 saturated heterocycles. The van der Waals surface area contributed by atoms with E-state index in [0.29, 0.717) is 6.54 Å². The zero-order valence-electron chi connectivity index (χ0n) is 15.9. The second-order valence-corrected chi connectivity index (χ2v) is 7.63. The van der Waals surface area contributed by atoms with Crippen molar-refractivity contribution in [1.29, 1.82) is 0 Å². The molecule has 0 aliphatic carbocycles. The SMILES string of the molecule is FC1CN(c2ccc(N3CCOCC3)cc2)CCC1c1n[nH]c2ccccc12. The third-order valence-electron chi connectivity index (χ3n) is 5.98. The van der Waals surface area contributed by atoms with Crippen LogP contribution in [0.1, 0.15) is 18.0 Å². The molecule has 5 nitrogen and oxygen atoms in total. The van der Waals surface area contributed by atoms with Crippen molar-refractivity contribution in [3.05, 3.63) is 54.2 Å². The quantitative estimate of drug-likeness (QED) is 0.752. The van der Waals surface area contributed by atoms with Crippen molar-refractivity contribution in [3.8, 4) is 0 Å². The number of morpholine rings is 1. The number of ether oxygens (including phenoxy) is 1. The molecule has 2 aliphatic rings. The van der Waals surface area contributed by atoms with Crippen molar-refractivity contribution in [2.45, 2.75) is 18.5 Å². The number of alkyl halides is 1. The summed E-state index contributed by atoms with van der Waals surface area (Å²) < 4.78 is 20.5. The summed E-state index contributed by atoms with van der Waals surface area (Å²) in [6, 6.07) is 16.5. The Balaban J connectivity index is 1.29.